The number of hydrogen-bond donors (Lipinski definition) is 4. The van der Waals surface area contributed by atoms with E-state index < -0.39 is 90.1 Å². The maximum absolute atomic E-state index is 15.6. The molecule has 0 unspecified atom stereocenters. The summed E-state index contributed by atoms with van der Waals surface area (Å²) in [6.07, 6.45) is -6.40. The number of hydrogen-bond acceptors (Lipinski definition) is 12. The molecule has 2 spiro atoms. The molecule has 0 radical (unpaired) electrons. The number of amides is 4. The Morgan fingerprint density at radius 2 is 1.02 bits per heavy atom. The fourth-order valence-corrected chi connectivity index (χ4v) is 16.9. The van der Waals surface area contributed by atoms with Crippen LogP contribution in [0.2, 0.25) is 0 Å². The van der Waals surface area contributed by atoms with Gasteiger partial charge in [-0.25, -0.2) is 8.78 Å². The summed E-state index contributed by atoms with van der Waals surface area (Å²) >= 11 is 0. The highest BCUT2D eigenvalue weighted by molar-refractivity contribution is 8.78. The average Bonchev–Trinajstić information content (AvgIpc) is 3.70. The number of likely N-dealkylation sites (N-methyl/N-ethyl adjacent to an activating group) is 2. The van der Waals surface area contributed by atoms with Crippen LogP contribution in [-0.4, -0.2) is 112 Å². The van der Waals surface area contributed by atoms with Crippen LogP contribution in [0.15, 0.2) is 36.4 Å². The Morgan fingerprint density at radius 3 is 1.40 bits per heavy atom. The number of benzene rings is 2. The minimum absolute atomic E-state index is 0.122. The Balaban J connectivity index is 1.37. The zero-order chi connectivity index (χ0) is 33.9. The Bertz CT molecular complexity index is 1870. The average molecular weight is 733 g/mol. The molecule has 2 aromatic carbocycles. The molecule has 4 N–H and O–H groups in total. The maximum Gasteiger partial charge on any atom is 0.264 e. The van der Waals surface area contributed by atoms with Crippen LogP contribution < -0.4 is 10.6 Å². The zero-order valence-electron chi connectivity index (χ0n) is 25.5. The third-order valence-electron chi connectivity index (χ3n) is 12.2. The quantitative estimate of drug-likeness (QED) is 0.316. The van der Waals surface area contributed by atoms with Crippen LogP contribution in [0.25, 0.3) is 0 Å². The Hall–Kier alpha value is -2.90. The Morgan fingerprint density at radius 1 is 0.646 bits per heavy atom. The van der Waals surface area contributed by atoms with E-state index in [4.69, 9.17) is 0 Å². The van der Waals surface area contributed by atoms with Crippen molar-refractivity contribution in [3.05, 3.63) is 59.2 Å². The van der Waals surface area contributed by atoms with Gasteiger partial charge in [-0.2, -0.15) is 0 Å². The molecule has 12 rings (SSSR count). The Labute approximate surface area is 287 Å². The van der Waals surface area contributed by atoms with Crippen LogP contribution in [-0.2, 0) is 30.0 Å². The summed E-state index contributed by atoms with van der Waals surface area (Å²) in [7, 11) is 7.20. The summed E-state index contributed by atoms with van der Waals surface area (Å²) in [5, 5.41) is 33.1. The van der Waals surface area contributed by atoms with Gasteiger partial charge in [-0.05, 0) is 83.0 Å². The number of carbonyl (C=O) groups excluding carboxylic acids is 4. The predicted octanol–water partition coefficient (Wildman–Crippen LogP) is 1.61. The molecule has 10 atom stereocenters. The molecule has 8 saturated heterocycles. The molecule has 12 nitrogen and oxygen atoms in total. The number of piperazine rings is 2. The summed E-state index contributed by atoms with van der Waals surface area (Å²) in [5.74, 6) is -3.59. The molecule has 10 aliphatic rings. The van der Waals surface area contributed by atoms with E-state index in [9.17, 15) is 29.4 Å². The van der Waals surface area contributed by atoms with E-state index in [2.05, 4.69) is 10.6 Å². The lowest BCUT2D eigenvalue weighted by Gasteiger charge is -2.58. The van der Waals surface area contributed by atoms with E-state index in [0.717, 1.165) is 43.2 Å². The van der Waals surface area contributed by atoms with Crippen LogP contribution in [0, 0.1) is 11.6 Å². The van der Waals surface area contributed by atoms with Crippen LogP contribution in [0.4, 0.5) is 20.2 Å². The van der Waals surface area contributed by atoms with E-state index in [1.165, 1.54) is 70.1 Å². The van der Waals surface area contributed by atoms with Crippen molar-refractivity contribution in [2.24, 2.45) is 0 Å². The molecule has 0 aliphatic carbocycles. The van der Waals surface area contributed by atoms with Gasteiger partial charge in [0, 0.05) is 25.5 Å². The van der Waals surface area contributed by atoms with Crippen molar-refractivity contribution < 1.29 is 38.2 Å². The predicted molar refractivity (Wildman–Crippen MR) is 175 cm³/mol. The van der Waals surface area contributed by atoms with Crippen molar-refractivity contribution >= 4 is 78.2 Å². The van der Waals surface area contributed by atoms with Crippen molar-refractivity contribution in [3.8, 4) is 0 Å². The minimum atomic E-state index is -2.05. The zero-order valence-corrected chi connectivity index (χ0v) is 28.7. The number of fused-ring (bicyclic) bond motifs is 11. The van der Waals surface area contributed by atoms with E-state index in [1.54, 1.807) is 13.8 Å². The summed E-state index contributed by atoms with van der Waals surface area (Å²) < 4.78 is 31.1. The second-order valence-electron chi connectivity index (χ2n) is 13.8. The highest BCUT2D eigenvalue weighted by atomic mass is 33.1. The molecule has 4 bridgehead atoms. The van der Waals surface area contributed by atoms with Crippen molar-refractivity contribution in [1.82, 2.24) is 19.6 Å². The number of aliphatic hydroxyl groups excluding tert-OH is 2. The van der Waals surface area contributed by atoms with Crippen molar-refractivity contribution in [2.45, 2.75) is 68.7 Å². The van der Waals surface area contributed by atoms with E-state index >= 15 is 8.78 Å². The standard InChI is InChI=1S/C30H26F2N6O6S4/c1-25-21(41)37-19-27(13-9-11(31)5-7-15(13)33-19,17(39)29(37,47-45-25)23(43)35(25)3)28-14-10-12(32)6-8-16(14)34-20(28)38-22(42)26(2)36(4)24(44)30(38,18(28)40)48-46-26/h5-10,17-20,33-34,39-40H,1-4H3/t17-,18-,19+,20+,25-,26-,27+,28+,29-,30-/m0/s1. The molecule has 2 aromatic rings. The third kappa shape index (κ3) is 2.52. The smallest absolute Gasteiger partial charge is 0.264 e. The Kier molecular flexibility index (Phi) is 5.21. The lowest BCUT2D eigenvalue weighted by molar-refractivity contribution is -0.166. The molecule has 8 fully saturated rings. The van der Waals surface area contributed by atoms with Crippen LogP contribution in [0.5, 0.6) is 0 Å². The number of anilines is 2. The fourth-order valence-electron chi connectivity index (χ4n) is 9.82. The topological polar surface area (TPSA) is 146 Å². The van der Waals surface area contributed by atoms with Gasteiger partial charge in [-0.3, -0.25) is 29.0 Å². The summed E-state index contributed by atoms with van der Waals surface area (Å²) in [5.41, 5.74) is -3.23. The van der Waals surface area contributed by atoms with Crippen LogP contribution in [0.1, 0.15) is 25.0 Å². The molecular weight excluding hydrogens is 707 g/mol. The van der Waals surface area contributed by atoms with Crippen LogP contribution in [0.3, 0.4) is 0 Å². The number of halogens is 2. The van der Waals surface area contributed by atoms with E-state index in [0.29, 0.717) is 11.4 Å². The minimum Gasteiger partial charge on any atom is -0.388 e. The molecule has 0 saturated carbocycles. The third-order valence-corrected chi connectivity index (χ3v) is 19.6. The molecule has 18 heteroatoms. The van der Waals surface area contributed by atoms with Crippen molar-refractivity contribution in [3.63, 3.8) is 0 Å². The molecule has 4 amide bonds. The first-order valence-corrected chi connectivity index (χ1v) is 19.4. The highest BCUT2D eigenvalue weighted by Crippen LogP contribution is 2.78. The highest BCUT2D eigenvalue weighted by Gasteiger charge is 2.93. The van der Waals surface area contributed by atoms with Gasteiger partial charge in [0.15, 0.2) is 9.74 Å². The first-order valence-electron chi connectivity index (χ1n) is 15.1. The first-order chi connectivity index (χ1) is 22.6. The lowest BCUT2D eigenvalue weighted by Crippen LogP contribution is -2.77. The second-order valence-corrected chi connectivity index (χ2v) is 19.3. The van der Waals surface area contributed by atoms with Crippen molar-refractivity contribution in [1.29, 1.82) is 0 Å². The van der Waals surface area contributed by atoms with Gasteiger partial charge in [-0.1, -0.05) is 21.6 Å². The number of aliphatic hydroxyl groups is 2. The summed E-state index contributed by atoms with van der Waals surface area (Å²) in [6, 6.07) is 7.68. The van der Waals surface area contributed by atoms with Gasteiger partial charge < -0.3 is 30.6 Å². The summed E-state index contributed by atoms with van der Waals surface area (Å²) in [6.45, 7) is 3.21. The number of carbonyl (C=O) groups is 4. The first kappa shape index (κ1) is 30.0. The van der Waals surface area contributed by atoms with Gasteiger partial charge in [0.1, 0.15) is 36.2 Å². The molecule has 10 heterocycles. The monoisotopic (exact) mass is 732 g/mol. The maximum atomic E-state index is 15.6. The lowest BCUT2D eigenvalue weighted by atomic mass is 9.52. The van der Waals surface area contributed by atoms with Crippen LogP contribution >= 0.6 is 43.2 Å². The molecule has 48 heavy (non-hydrogen) atoms. The van der Waals surface area contributed by atoms with Gasteiger partial charge in [-0.15, -0.1) is 0 Å². The number of nitrogens with zero attached hydrogens (tertiary/aromatic N) is 4. The number of nitrogens with one attached hydrogen (secondary N) is 2. The summed E-state index contributed by atoms with van der Waals surface area (Å²) in [4.78, 5) is 56.8. The van der Waals surface area contributed by atoms with Gasteiger partial charge in [0.05, 0.1) is 10.8 Å². The molecule has 250 valence electrons. The largest absolute Gasteiger partial charge is 0.388 e. The molecular formula is C30H26F2N6O6S4. The molecule has 0 aromatic heterocycles. The van der Waals surface area contributed by atoms with E-state index in [1.807, 2.05) is 0 Å². The van der Waals surface area contributed by atoms with Gasteiger partial charge in [0.2, 0.25) is 9.74 Å². The molecule has 10 aliphatic heterocycles. The number of rotatable bonds is 1. The normalized spacial score (nSPS) is 45.6. The second kappa shape index (κ2) is 8.34. The van der Waals surface area contributed by atoms with E-state index in [-0.39, 0.29) is 11.1 Å². The van der Waals surface area contributed by atoms with Gasteiger partial charge >= 0.3 is 0 Å². The van der Waals surface area contributed by atoms with Crippen molar-refractivity contribution in [2.75, 3.05) is 24.7 Å². The van der Waals surface area contributed by atoms with Gasteiger partial charge in [0.25, 0.3) is 23.6 Å². The fraction of sp³-hybridized carbons (Fsp3) is 0.467. The SMILES string of the molecule is CN1C(=O)[C@]23SS[C@@]1(C)C(=O)N2[C@H]1Nc2ccc(F)cc2[C@@]1([C@@]12c4cc(F)ccc4N[C@@H]1N1C(=O)[C@]4(C)SS[C@]1(C(=O)N4C)[C@H]2O)[C@@H]3O.